The summed E-state index contributed by atoms with van der Waals surface area (Å²) in [5.74, 6) is 0. The Hall–Kier alpha value is -0.880. The lowest BCUT2D eigenvalue weighted by atomic mass is 10.1. The lowest BCUT2D eigenvalue weighted by molar-refractivity contribution is 0.102. The van der Waals surface area contributed by atoms with Gasteiger partial charge in [-0.15, -0.1) is 0 Å². The largest absolute Gasteiger partial charge is 0.380 e. The molecule has 0 spiro atoms. The van der Waals surface area contributed by atoms with Gasteiger partial charge < -0.3 is 10.1 Å². The Morgan fingerprint density at radius 1 is 1.68 bits per heavy atom. The van der Waals surface area contributed by atoms with Crippen LogP contribution in [0.15, 0.2) is 15.5 Å². The van der Waals surface area contributed by atoms with Crippen molar-refractivity contribution in [3.63, 3.8) is 0 Å². The molecular formula is C13H20BrN3O2. The topological polar surface area (TPSA) is 56.1 Å². The van der Waals surface area contributed by atoms with E-state index in [4.69, 9.17) is 4.74 Å². The van der Waals surface area contributed by atoms with Gasteiger partial charge in [-0.05, 0) is 48.5 Å². The minimum Gasteiger partial charge on any atom is -0.380 e. The molecule has 1 aliphatic rings. The van der Waals surface area contributed by atoms with E-state index in [-0.39, 0.29) is 11.6 Å². The molecule has 0 bridgehead atoms. The summed E-state index contributed by atoms with van der Waals surface area (Å²) >= 11 is 3.32. The van der Waals surface area contributed by atoms with Gasteiger partial charge in [0.05, 0.1) is 18.0 Å². The van der Waals surface area contributed by atoms with Gasteiger partial charge in [0.15, 0.2) is 0 Å². The van der Waals surface area contributed by atoms with Crippen molar-refractivity contribution in [2.24, 2.45) is 7.05 Å². The van der Waals surface area contributed by atoms with Gasteiger partial charge >= 0.3 is 0 Å². The summed E-state index contributed by atoms with van der Waals surface area (Å²) in [4.78, 5) is 11.7. The molecule has 1 saturated heterocycles. The molecule has 1 aromatic heterocycles. The van der Waals surface area contributed by atoms with Gasteiger partial charge in [-0.1, -0.05) is 0 Å². The van der Waals surface area contributed by atoms with Gasteiger partial charge in [-0.25, -0.2) is 4.68 Å². The standard InChI is InChI=1S/C13H20BrN3O2/c1-9(5-6-10-4-3-7-19-10)16-11-8-15-17(2)13(18)12(11)14/h8-10,16H,3-7H2,1-2H3. The van der Waals surface area contributed by atoms with Crippen LogP contribution in [0, 0.1) is 0 Å². The van der Waals surface area contributed by atoms with Gasteiger partial charge in [0.25, 0.3) is 5.56 Å². The fourth-order valence-corrected chi connectivity index (χ4v) is 2.73. The van der Waals surface area contributed by atoms with Crippen LogP contribution in [0.4, 0.5) is 5.69 Å². The van der Waals surface area contributed by atoms with Crippen molar-refractivity contribution in [1.29, 1.82) is 0 Å². The molecule has 2 heterocycles. The van der Waals surface area contributed by atoms with E-state index in [9.17, 15) is 4.79 Å². The van der Waals surface area contributed by atoms with Crippen molar-refractivity contribution >= 4 is 21.6 Å². The number of rotatable bonds is 5. The van der Waals surface area contributed by atoms with E-state index in [2.05, 4.69) is 33.3 Å². The molecule has 106 valence electrons. The molecule has 0 aromatic carbocycles. The van der Waals surface area contributed by atoms with E-state index < -0.39 is 0 Å². The molecule has 2 unspecified atom stereocenters. The molecule has 0 aliphatic carbocycles. The van der Waals surface area contributed by atoms with Gasteiger partial charge in [0.1, 0.15) is 4.47 Å². The second-order valence-electron chi connectivity index (χ2n) is 5.06. The van der Waals surface area contributed by atoms with Crippen molar-refractivity contribution in [2.75, 3.05) is 11.9 Å². The maximum Gasteiger partial charge on any atom is 0.282 e. The summed E-state index contributed by atoms with van der Waals surface area (Å²) in [6.45, 7) is 3.01. The summed E-state index contributed by atoms with van der Waals surface area (Å²) in [7, 11) is 1.64. The molecule has 1 N–H and O–H groups in total. The number of hydrogen-bond acceptors (Lipinski definition) is 4. The van der Waals surface area contributed by atoms with E-state index >= 15 is 0 Å². The molecule has 2 atom stereocenters. The highest BCUT2D eigenvalue weighted by Gasteiger charge is 2.17. The summed E-state index contributed by atoms with van der Waals surface area (Å²) < 4.78 is 7.46. The van der Waals surface area contributed by atoms with Crippen molar-refractivity contribution in [3.05, 3.63) is 21.0 Å². The molecule has 0 amide bonds. The van der Waals surface area contributed by atoms with Crippen LogP contribution in [0.2, 0.25) is 0 Å². The quantitative estimate of drug-likeness (QED) is 0.900. The van der Waals surface area contributed by atoms with Gasteiger partial charge in [0, 0.05) is 19.7 Å². The first-order chi connectivity index (χ1) is 9.08. The second kappa shape index (κ2) is 6.52. The monoisotopic (exact) mass is 329 g/mol. The van der Waals surface area contributed by atoms with Crippen LogP contribution in [-0.4, -0.2) is 28.5 Å². The highest BCUT2D eigenvalue weighted by Crippen LogP contribution is 2.21. The maximum atomic E-state index is 11.7. The molecule has 1 fully saturated rings. The number of hydrogen-bond donors (Lipinski definition) is 1. The highest BCUT2D eigenvalue weighted by atomic mass is 79.9. The fraction of sp³-hybridized carbons (Fsp3) is 0.692. The number of nitrogens with one attached hydrogen (secondary N) is 1. The summed E-state index contributed by atoms with van der Waals surface area (Å²) in [6.07, 6.45) is 6.51. The first-order valence-electron chi connectivity index (χ1n) is 6.68. The highest BCUT2D eigenvalue weighted by molar-refractivity contribution is 9.10. The molecule has 0 saturated carbocycles. The fourth-order valence-electron chi connectivity index (χ4n) is 2.26. The van der Waals surface area contributed by atoms with E-state index in [0.29, 0.717) is 10.6 Å². The molecule has 1 aliphatic heterocycles. The minimum absolute atomic E-state index is 0.128. The number of ether oxygens (including phenoxy) is 1. The van der Waals surface area contributed by atoms with Gasteiger partial charge in [-0.2, -0.15) is 5.10 Å². The van der Waals surface area contributed by atoms with Crippen molar-refractivity contribution in [1.82, 2.24) is 9.78 Å². The average molecular weight is 330 g/mol. The first-order valence-corrected chi connectivity index (χ1v) is 7.47. The Labute approximate surface area is 121 Å². The second-order valence-corrected chi connectivity index (χ2v) is 5.85. The van der Waals surface area contributed by atoms with Crippen molar-refractivity contribution in [3.8, 4) is 0 Å². The van der Waals surface area contributed by atoms with Crippen LogP contribution < -0.4 is 10.9 Å². The van der Waals surface area contributed by atoms with Crippen LogP contribution in [0.3, 0.4) is 0 Å². The Balaban J connectivity index is 1.89. The summed E-state index contributed by atoms with van der Waals surface area (Å²) in [6, 6.07) is 0.286. The minimum atomic E-state index is -0.128. The zero-order valence-corrected chi connectivity index (χ0v) is 12.9. The third kappa shape index (κ3) is 3.79. The molecule has 6 heteroatoms. The molecule has 19 heavy (non-hydrogen) atoms. The third-order valence-corrected chi connectivity index (χ3v) is 4.19. The average Bonchev–Trinajstić information content (AvgIpc) is 2.90. The predicted octanol–water partition coefficient (Wildman–Crippen LogP) is 2.30. The normalized spacial score (nSPS) is 20.5. The molecule has 5 nitrogen and oxygen atoms in total. The Kier molecular flexibility index (Phi) is 4.99. The Morgan fingerprint density at radius 3 is 3.16 bits per heavy atom. The van der Waals surface area contributed by atoms with Crippen LogP contribution >= 0.6 is 15.9 Å². The predicted molar refractivity (Wildman–Crippen MR) is 78.5 cm³/mol. The number of aryl methyl sites for hydroxylation is 1. The van der Waals surface area contributed by atoms with Crippen molar-refractivity contribution in [2.45, 2.75) is 44.8 Å². The molecule has 0 radical (unpaired) electrons. The zero-order chi connectivity index (χ0) is 13.8. The summed E-state index contributed by atoms with van der Waals surface area (Å²) in [5, 5.41) is 7.34. The van der Waals surface area contributed by atoms with Crippen molar-refractivity contribution < 1.29 is 4.74 Å². The van der Waals surface area contributed by atoms with Gasteiger partial charge in [-0.3, -0.25) is 4.79 Å². The number of anilines is 1. The summed E-state index contributed by atoms with van der Waals surface area (Å²) in [5.41, 5.74) is 0.624. The Morgan fingerprint density at radius 2 is 2.47 bits per heavy atom. The molecule has 1 aromatic rings. The molecule has 2 rings (SSSR count). The third-order valence-electron chi connectivity index (χ3n) is 3.43. The van der Waals surface area contributed by atoms with E-state index in [0.717, 1.165) is 25.1 Å². The SMILES string of the molecule is CC(CCC1CCCO1)Nc1cnn(C)c(=O)c1Br. The number of nitrogens with zero attached hydrogens (tertiary/aromatic N) is 2. The van der Waals surface area contributed by atoms with Crippen LogP contribution in [-0.2, 0) is 11.8 Å². The smallest absolute Gasteiger partial charge is 0.282 e. The number of aromatic nitrogens is 2. The maximum absolute atomic E-state index is 11.7. The first kappa shape index (κ1) is 14.5. The molecular weight excluding hydrogens is 310 g/mol. The lowest BCUT2D eigenvalue weighted by Crippen LogP contribution is -2.24. The van der Waals surface area contributed by atoms with Crippen LogP contribution in [0.1, 0.15) is 32.6 Å². The number of halogens is 1. The van der Waals surface area contributed by atoms with E-state index in [1.165, 1.54) is 17.5 Å². The van der Waals surface area contributed by atoms with Gasteiger partial charge in [0.2, 0.25) is 0 Å². The van der Waals surface area contributed by atoms with Crippen LogP contribution in [0.5, 0.6) is 0 Å². The van der Waals surface area contributed by atoms with Crippen LogP contribution in [0.25, 0.3) is 0 Å². The van der Waals surface area contributed by atoms with E-state index in [1.54, 1.807) is 13.2 Å². The lowest BCUT2D eigenvalue weighted by Gasteiger charge is -2.18. The zero-order valence-electron chi connectivity index (χ0n) is 11.4. The van der Waals surface area contributed by atoms with E-state index in [1.807, 2.05) is 0 Å². The Bertz CT molecular complexity index is 483.